The van der Waals surface area contributed by atoms with Gasteiger partial charge in [0.15, 0.2) is 0 Å². The maximum absolute atomic E-state index is 4.12. The maximum Gasteiger partial charge on any atom is 0.0969 e. The molecule has 1 aromatic carbocycles. The first-order chi connectivity index (χ1) is 8.20. The van der Waals surface area contributed by atoms with Gasteiger partial charge < -0.3 is 5.32 Å². The minimum absolute atomic E-state index is 0.756. The zero-order valence-electron chi connectivity index (χ0n) is 9.94. The molecule has 0 saturated heterocycles. The third-order valence-corrected chi connectivity index (χ3v) is 3.39. The number of benzene rings is 1. The fraction of sp³-hybridized carbons (Fsp3) is 0.333. The van der Waals surface area contributed by atoms with E-state index in [-0.39, 0.29) is 0 Å². The average molecular weight is 295 g/mol. The number of nitrogens with zero attached hydrogens (tertiary/aromatic N) is 3. The lowest BCUT2D eigenvalue weighted by molar-refractivity contribution is 0.705. The first-order valence-electron chi connectivity index (χ1n) is 5.59. The Morgan fingerprint density at radius 3 is 2.94 bits per heavy atom. The van der Waals surface area contributed by atoms with Gasteiger partial charge in [0.05, 0.1) is 17.6 Å². The van der Waals surface area contributed by atoms with E-state index in [1.165, 1.54) is 5.56 Å². The fourth-order valence-electron chi connectivity index (χ4n) is 1.53. The monoisotopic (exact) mass is 294 g/mol. The van der Waals surface area contributed by atoms with Gasteiger partial charge in [0.2, 0.25) is 0 Å². The van der Waals surface area contributed by atoms with Crippen LogP contribution in [0.1, 0.15) is 18.2 Å². The highest BCUT2D eigenvalue weighted by molar-refractivity contribution is 9.10. The number of rotatable bonds is 4. The topological polar surface area (TPSA) is 42.7 Å². The van der Waals surface area contributed by atoms with Crippen LogP contribution in [0.2, 0.25) is 0 Å². The second kappa shape index (κ2) is 5.42. The van der Waals surface area contributed by atoms with Gasteiger partial charge in [-0.05, 0) is 37.2 Å². The largest absolute Gasteiger partial charge is 0.311 e. The summed E-state index contributed by atoms with van der Waals surface area (Å²) in [6.45, 7) is 5.82. The molecular weight excluding hydrogens is 280 g/mol. The van der Waals surface area contributed by atoms with Gasteiger partial charge in [-0.2, -0.15) is 0 Å². The van der Waals surface area contributed by atoms with Crippen LogP contribution in [0.3, 0.4) is 0 Å². The van der Waals surface area contributed by atoms with Crippen LogP contribution in [-0.4, -0.2) is 21.5 Å². The fourth-order valence-corrected chi connectivity index (χ4v) is 1.78. The lowest BCUT2D eigenvalue weighted by atomic mass is 10.2. The van der Waals surface area contributed by atoms with Gasteiger partial charge in [-0.1, -0.05) is 28.1 Å². The van der Waals surface area contributed by atoms with E-state index in [1.54, 1.807) is 4.68 Å². The molecule has 0 unspecified atom stereocenters. The van der Waals surface area contributed by atoms with Crippen LogP contribution in [-0.2, 0) is 6.54 Å². The summed E-state index contributed by atoms with van der Waals surface area (Å²) in [4.78, 5) is 0. The van der Waals surface area contributed by atoms with Gasteiger partial charge in [0, 0.05) is 11.0 Å². The summed E-state index contributed by atoms with van der Waals surface area (Å²) in [6, 6.07) is 6.12. The van der Waals surface area contributed by atoms with Gasteiger partial charge >= 0.3 is 0 Å². The van der Waals surface area contributed by atoms with Crippen molar-refractivity contribution in [2.24, 2.45) is 0 Å². The Bertz CT molecular complexity index is 507. The van der Waals surface area contributed by atoms with Crippen LogP contribution in [0.25, 0.3) is 5.69 Å². The molecule has 0 bridgehead atoms. The van der Waals surface area contributed by atoms with Crippen molar-refractivity contribution in [1.29, 1.82) is 0 Å². The standard InChI is InChI=1S/C12H15BrN4/c1-3-14-7-10-8-17(16-15-10)11-4-5-12(13)9(2)6-11/h4-6,8,14H,3,7H2,1-2H3. The molecule has 0 aliphatic heterocycles. The normalized spacial score (nSPS) is 10.8. The Hall–Kier alpha value is -1.20. The summed E-state index contributed by atoms with van der Waals surface area (Å²) in [7, 11) is 0. The Morgan fingerprint density at radius 1 is 1.41 bits per heavy atom. The van der Waals surface area contributed by atoms with Crippen molar-refractivity contribution in [3.05, 3.63) is 40.1 Å². The molecular formula is C12H15BrN4. The Morgan fingerprint density at radius 2 is 2.24 bits per heavy atom. The number of hydrogen-bond donors (Lipinski definition) is 1. The lowest BCUT2D eigenvalue weighted by Crippen LogP contribution is -2.11. The number of halogens is 1. The average Bonchev–Trinajstić information content (AvgIpc) is 2.79. The van der Waals surface area contributed by atoms with Crippen LogP contribution < -0.4 is 5.32 Å². The third-order valence-electron chi connectivity index (χ3n) is 2.50. The molecule has 0 radical (unpaired) electrons. The molecule has 0 spiro atoms. The van der Waals surface area contributed by atoms with Crippen LogP contribution >= 0.6 is 15.9 Å². The van der Waals surface area contributed by atoms with Gasteiger partial charge in [0.25, 0.3) is 0 Å². The summed E-state index contributed by atoms with van der Waals surface area (Å²) in [5.74, 6) is 0. The van der Waals surface area contributed by atoms with Crippen LogP contribution in [0, 0.1) is 6.92 Å². The van der Waals surface area contributed by atoms with Crippen LogP contribution in [0.15, 0.2) is 28.9 Å². The Balaban J connectivity index is 2.21. The van der Waals surface area contributed by atoms with E-state index in [2.05, 4.69) is 51.5 Å². The van der Waals surface area contributed by atoms with E-state index >= 15 is 0 Å². The van der Waals surface area contributed by atoms with E-state index in [0.29, 0.717) is 0 Å². The molecule has 0 atom stereocenters. The second-order valence-electron chi connectivity index (χ2n) is 3.87. The molecule has 2 aromatic rings. The van der Waals surface area contributed by atoms with Crippen LogP contribution in [0.4, 0.5) is 0 Å². The summed E-state index contributed by atoms with van der Waals surface area (Å²) in [6.07, 6.45) is 1.95. The molecule has 0 amide bonds. The zero-order valence-corrected chi connectivity index (χ0v) is 11.5. The Kier molecular flexibility index (Phi) is 3.91. The molecule has 0 aliphatic rings. The predicted molar refractivity (Wildman–Crippen MR) is 71.2 cm³/mol. The molecule has 0 saturated carbocycles. The minimum Gasteiger partial charge on any atom is -0.311 e. The SMILES string of the molecule is CCNCc1cn(-c2ccc(Br)c(C)c2)nn1. The first-order valence-corrected chi connectivity index (χ1v) is 6.38. The number of nitrogens with one attached hydrogen (secondary N) is 1. The van der Waals surface area contributed by atoms with Crippen molar-refractivity contribution in [3.63, 3.8) is 0 Å². The third kappa shape index (κ3) is 2.92. The minimum atomic E-state index is 0.756. The molecule has 4 nitrogen and oxygen atoms in total. The highest BCUT2D eigenvalue weighted by Crippen LogP contribution is 2.19. The molecule has 90 valence electrons. The molecule has 0 fully saturated rings. The van der Waals surface area contributed by atoms with Gasteiger partial charge in [0.1, 0.15) is 0 Å². The molecule has 2 rings (SSSR count). The maximum atomic E-state index is 4.12. The van der Waals surface area contributed by atoms with E-state index in [1.807, 2.05) is 18.3 Å². The molecule has 5 heteroatoms. The molecule has 17 heavy (non-hydrogen) atoms. The van der Waals surface area contributed by atoms with Crippen molar-refractivity contribution in [2.75, 3.05) is 6.54 Å². The van der Waals surface area contributed by atoms with Crippen LogP contribution in [0.5, 0.6) is 0 Å². The highest BCUT2D eigenvalue weighted by atomic mass is 79.9. The number of aromatic nitrogens is 3. The summed E-state index contributed by atoms with van der Waals surface area (Å²) >= 11 is 3.49. The molecule has 1 heterocycles. The summed E-state index contributed by atoms with van der Waals surface area (Å²) in [5, 5.41) is 11.5. The van der Waals surface area contributed by atoms with Gasteiger partial charge in [-0.3, -0.25) is 0 Å². The predicted octanol–water partition coefficient (Wildman–Crippen LogP) is 2.45. The van der Waals surface area contributed by atoms with E-state index < -0.39 is 0 Å². The molecule has 1 N–H and O–H groups in total. The van der Waals surface area contributed by atoms with Gasteiger partial charge in [-0.15, -0.1) is 5.10 Å². The quantitative estimate of drug-likeness (QED) is 0.942. The van der Waals surface area contributed by atoms with Crippen molar-refractivity contribution in [3.8, 4) is 5.69 Å². The highest BCUT2D eigenvalue weighted by Gasteiger charge is 2.03. The summed E-state index contributed by atoms with van der Waals surface area (Å²) in [5.41, 5.74) is 3.17. The van der Waals surface area contributed by atoms with E-state index in [0.717, 1.165) is 28.9 Å². The van der Waals surface area contributed by atoms with Crippen molar-refractivity contribution in [1.82, 2.24) is 20.3 Å². The van der Waals surface area contributed by atoms with Crippen molar-refractivity contribution >= 4 is 15.9 Å². The zero-order chi connectivity index (χ0) is 12.3. The van der Waals surface area contributed by atoms with E-state index in [9.17, 15) is 0 Å². The van der Waals surface area contributed by atoms with E-state index in [4.69, 9.17) is 0 Å². The van der Waals surface area contributed by atoms with Crippen molar-refractivity contribution < 1.29 is 0 Å². The Labute approximate surface area is 109 Å². The number of hydrogen-bond acceptors (Lipinski definition) is 3. The molecule has 0 aliphatic carbocycles. The van der Waals surface area contributed by atoms with Gasteiger partial charge in [-0.25, -0.2) is 4.68 Å². The molecule has 1 aromatic heterocycles. The second-order valence-corrected chi connectivity index (χ2v) is 4.72. The first kappa shape index (κ1) is 12.3. The lowest BCUT2D eigenvalue weighted by Gasteiger charge is -2.03. The summed E-state index contributed by atoms with van der Waals surface area (Å²) < 4.78 is 2.90. The van der Waals surface area contributed by atoms with Crippen molar-refractivity contribution in [2.45, 2.75) is 20.4 Å². The number of aryl methyl sites for hydroxylation is 1. The smallest absolute Gasteiger partial charge is 0.0969 e.